The SMILES string of the molecule is Nc1cccc(Nc2nc(SC(Br)(S[N+](=O)[O-])N(F)Cl)nc3nc[nH]c23)c1. The number of rotatable bonds is 7. The number of nitrogen functional groups attached to an aromatic ring is 1. The molecule has 0 saturated carbocycles. The van der Waals surface area contributed by atoms with Crippen LogP contribution in [0.3, 0.4) is 0 Å². The molecule has 15 heteroatoms. The summed E-state index contributed by atoms with van der Waals surface area (Å²) in [5, 5.41) is 13.9. The van der Waals surface area contributed by atoms with Gasteiger partial charge in [0.25, 0.3) is 15.1 Å². The zero-order chi connectivity index (χ0) is 19.6. The Bertz CT molecular complexity index is 995. The Kier molecular flexibility index (Phi) is 5.90. The highest BCUT2D eigenvalue weighted by Gasteiger charge is 2.46. The van der Waals surface area contributed by atoms with Crippen LogP contribution in [0.2, 0.25) is 0 Å². The van der Waals surface area contributed by atoms with E-state index in [0.29, 0.717) is 34.5 Å². The number of hydrogen-bond acceptors (Lipinski definition) is 10. The van der Waals surface area contributed by atoms with Crippen LogP contribution in [0.25, 0.3) is 11.2 Å². The number of hydrogen-bond donors (Lipinski definition) is 3. The van der Waals surface area contributed by atoms with Gasteiger partial charge in [-0.1, -0.05) is 6.07 Å². The summed E-state index contributed by atoms with van der Waals surface area (Å²) < 4.78 is 10.5. The predicted molar refractivity (Wildman–Crippen MR) is 107 cm³/mol. The lowest BCUT2D eigenvalue weighted by Crippen LogP contribution is -2.26. The first-order chi connectivity index (χ1) is 12.8. The molecule has 0 saturated heterocycles. The van der Waals surface area contributed by atoms with E-state index < -0.39 is 7.44 Å². The smallest absolute Gasteiger partial charge is 0.289 e. The Morgan fingerprint density at radius 2 is 2.26 bits per heavy atom. The molecule has 142 valence electrons. The van der Waals surface area contributed by atoms with Crippen LogP contribution >= 0.6 is 51.4 Å². The van der Waals surface area contributed by atoms with Gasteiger partial charge >= 0.3 is 0 Å². The summed E-state index contributed by atoms with van der Waals surface area (Å²) in [4.78, 5) is 26.2. The molecule has 0 bridgehead atoms. The van der Waals surface area contributed by atoms with Crippen molar-refractivity contribution in [3.8, 4) is 0 Å². The van der Waals surface area contributed by atoms with Gasteiger partial charge in [0, 0.05) is 23.2 Å². The monoisotopic (exact) mass is 494 g/mol. The molecule has 0 amide bonds. The minimum atomic E-state index is -1.99. The highest BCUT2D eigenvalue weighted by Crippen LogP contribution is 2.50. The highest BCUT2D eigenvalue weighted by molar-refractivity contribution is 9.13. The Labute approximate surface area is 172 Å². The normalized spacial score (nSPS) is 13.6. The van der Waals surface area contributed by atoms with Crippen LogP contribution < -0.4 is 11.1 Å². The van der Waals surface area contributed by atoms with Gasteiger partial charge in [-0.05, 0) is 50.5 Å². The minimum absolute atomic E-state index is 0.000283. The fourth-order valence-corrected chi connectivity index (χ4v) is 4.34. The summed E-state index contributed by atoms with van der Waals surface area (Å²) in [7, 11) is 0. The molecular weight excluding hydrogens is 487 g/mol. The molecule has 0 aliphatic heterocycles. The zero-order valence-corrected chi connectivity index (χ0v) is 16.9. The first-order valence-corrected chi connectivity index (χ1v) is 9.66. The summed E-state index contributed by atoms with van der Waals surface area (Å²) in [6, 6.07) is 6.94. The Balaban J connectivity index is 1.98. The molecule has 0 aliphatic rings. The number of fused-ring (bicyclic) bond motifs is 1. The van der Waals surface area contributed by atoms with E-state index in [1.54, 1.807) is 24.3 Å². The van der Waals surface area contributed by atoms with E-state index in [1.807, 2.05) is 0 Å². The van der Waals surface area contributed by atoms with Crippen molar-refractivity contribution in [1.29, 1.82) is 0 Å². The van der Waals surface area contributed by atoms with Crippen LogP contribution in [0.4, 0.5) is 21.7 Å². The summed E-state index contributed by atoms with van der Waals surface area (Å²) >= 11 is 8.82. The van der Waals surface area contributed by atoms with Gasteiger partial charge in [-0.25, -0.2) is 15.0 Å². The third-order valence-corrected chi connectivity index (χ3v) is 6.70. The number of benzene rings is 1. The maximum absolute atomic E-state index is 13.6. The Morgan fingerprint density at radius 3 is 2.93 bits per heavy atom. The second-order valence-electron chi connectivity index (χ2n) is 4.86. The average Bonchev–Trinajstić information content (AvgIpc) is 3.02. The molecule has 0 aliphatic carbocycles. The van der Waals surface area contributed by atoms with Crippen molar-refractivity contribution in [1.82, 2.24) is 24.6 Å². The van der Waals surface area contributed by atoms with Gasteiger partial charge in [0.05, 0.1) is 6.33 Å². The van der Waals surface area contributed by atoms with Crippen molar-refractivity contribution < 1.29 is 8.81 Å². The highest BCUT2D eigenvalue weighted by atomic mass is 79.9. The second kappa shape index (κ2) is 8.02. The Morgan fingerprint density at radius 1 is 1.48 bits per heavy atom. The summed E-state index contributed by atoms with van der Waals surface area (Å²) in [5.74, 6) is 0.325. The number of imidazole rings is 1. The van der Waals surface area contributed by atoms with Gasteiger partial charge in [0.1, 0.15) is 9.85 Å². The van der Waals surface area contributed by atoms with Crippen molar-refractivity contribution in [2.45, 2.75) is 8.27 Å². The molecule has 0 spiro atoms. The van der Waals surface area contributed by atoms with E-state index in [9.17, 15) is 14.6 Å². The molecule has 3 rings (SSSR count). The van der Waals surface area contributed by atoms with E-state index in [4.69, 9.17) is 17.5 Å². The molecule has 2 aromatic heterocycles. The second-order valence-corrected chi connectivity index (χ2v) is 9.85. The van der Waals surface area contributed by atoms with Crippen LogP contribution in [0.5, 0.6) is 0 Å². The Hall–Kier alpha value is -1.87. The fraction of sp³-hybridized carbons (Fsp3) is 0.0833. The topological polar surface area (TPSA) is 139 Å². The van der Waals surface area contributed by atoms with Crippen LogP contribution in [-0.4, -0.2) is 32.0 Å². The van der Waals surface area contributed by atoms with Gasteiger partial charge in [-0.15, -0.1) is 4.48 Å². The van der Waals surface area contributed by atoms with Gasteiger partial charge in [0.2, 0.25) is 0 Å². The van der Waals surface area contributed by atoms with Crippen molar-refractivity contribution in [3.05, 3.63) is 40.7 Å². The number of nitrogens with one attached hydrogen (secondary N) is 2. The van der Waals surface area contributed by atoms with Crippen LogP contribution in [0.1, 0.15) is 0 Å². The molecule has 3 aromatic rings. The van der Waals surface area contributed by atoms with Crippen LogP contribution in [0.15, 0.2) is 35.7 Å². The molecule has 27 heavy (non-hydrogen) atoms. The third-order valence-electron chi connectivity index (χ3n) is 3.02. The lowest BCUT2D eigenvalue weighted by Gasteiger charge is -2.20. The third kappa shape index (κ3) is 4.70. The predicted octanol–water partition coefficient (Wildman–Crippen LogP) is 4.04. The number of thioether (sulfide) groups is 1. The summed E-state index contributed by atoms with van der Waals surface area (Å²) in [6.07, 6.45) is 1.41. The van der Waals surface area contributed by atoms with Gasteiger partial charge in [-0.3, -0.25) is 10.1 Å². The number of nitrogens with two attached hydrogens (primary N) is 1. The number of anilines is 3. The molecule has 2 heterocycles. The maximum atomic E-state index is 13.6. The molecule has 10 nitrogen and oxygen atoms in total. The van der Waals surface area contributed by atoms with Crippen molar-refractivity contribution >= 4 is 79.8 Å². The molecule has 0 fully saturated rings. The van der Waals surface area contributed by atoms with Gasteiger partial charge in [0.15, 0.2) is 16.6 Å². The average molecular weight is 496 g/mol. The van der Waals surface area contributed by atoms with E-state index in [1.165, 1.54) is 6.33 Å². The first kappa shape index (κ1) is 19.9. The number of halogens is 3. The van der Waals surface area contributed by atoms with Gasteiger partial charge in [-0.2, -0.15) is 0 Å². The van der Waals surface area contributed by atoms with E-state index >= 15 is 0 Å². The standard InChI is InChI=1S/C12H9BrClFN8O2S2/c13-12(22(14)15,27-23(24)25)26-11-20-9-8(17-5-18-9)10(21-11)19-7-3-1-2-6(16)4-7/h1-5H,16H2,(H2,17,18,19,20,21). The molecular formula is C12H9BrClFN8O2S2. The fourth-order valence-electron chi connectivity index (χ4n) is 1.99. The van der Waals surface area contributed by atoms with E-state index in [0.717, 1.165) is 0 Å². The molecule has 1 unspecified atom stereocenters. The molecule has 1 aromatic carbocycles. The van der Waals surface area contributed by atoms with Crippen molar-refractivity contribution in [2.75, 3.05) is 11.1 Å². The van der Waals surface area contributed by atoms with E-state index in [2.05, 4.69) is 41.2 Å². The number of aromatic nitrogens is 4. The molecule has 4 N–H and O–H groups in total. The lowest BCUT2D eigenvalue weighted by molar-refractivity contribution is -0.286. The first-order valence-electron chi connectivity index (χ1n) is 6.94. The van der Waals surface area contributed by atoms with Crippen molar-refractivity contribution in [2.24, 2.45) is 0 Å². The van der Waals surface area contributed by atoms with Crippen LogP contribution in [0, 0.1) is 10.1 Å². The number of alkyl halides is 1. The van der Waals surface area contributed by atoms with Gasteiger partial charge < -0.3 is 16.0 Å². The molecule has 1 atom stereocenters. The quantitative estimate of drug-likeness (QED) is 0.0420. The number of nitrogens with zero attached hydrogens (tertiary/aromatic N) is 5. The van der Waals surface area contributed by atoms with E-state index in [-0.39, 0.29) is 27.4 Å². The zero-order valence-electron chi connectivity index (χ0n) is 13.0. The number of H-pyrrole nitrogens is 1. The number of nitro groups is 1. The number of aromatic amines is 1. The summed E-state index contributed by atoms with van der Waals surface area (Å²) in [6.45, 7) is 0. The largest absolute Gasteiger partial charge is 0.399 e. The minimum Gasteiger partial charge on any atom is -0.399 e. The lowest BCUT2D eigenvalue weighted by atomic mass is 10.3. The van der Waals surface area contributed by atoms with Crippen molar-refractivity contribution in [3.63, 3.8) is 0 Å². The maximum Gasteiger partial charge on any atom is 0.289 e. The molecule has 0 radical (unpaired) electrons. The van der Waals surface area contributed by atoms with Crippen LogP contribution in [-0.2, 0) is 0 Å². The summed E-state index contributed by atoms with van der Waals surface area (Å²) in [5.41, 5.74) is 7.73.